The molecule has 0 atom stereocenters. The van der Waals surface area contributed by atoms with E-state index in [0.29, 0.717) is 16.0 Å². The smallest absolute Gasteiger partial charge is 0.205 e. The highest BCUT2D eigenvalue weighted by Gasteiger charge is 2.04. The Morgan fingerprint density at radius 2 is 2.33 bits per heavy atom. The number of nitrogens with two attached hydrogens (primary N) is 1. The summed E-state index contributed by atoms with van der Waals surface area (Å²) in [6.07, 6.45) is 1.68. The molecule has 94 valence electrons. The molecule has 0 fully saturated rings. The normalized spacial score (nSPS) is 11.1. The molecular formula is C10H7BrClIN4S. The number of halogens is 3. The van der Waals surface area contributed by atoms with Crippen LogP contribution >= 0.6 is 61.5 Å². The van der Waals surface area contributed by atoms with Crippen LogP contribution in [0.15, 0.2) is 27.1 Å². The summed E-state index contributed by atoms with van der Waals surface area (Å²) < 4.78 is 1.98. The van der Waals surface area contributed by atoms with Crippen molar-refractivity contribution < 1.29 is 0 Å². The van der Waals surface area contributed by atoms with Gasteiger partial charge in [0.25, 0.3) is 0 Å². The second-order valence-electron chi connectivity index (χ2n) is 3.24. The summed E-state index contributed by atoms with van der Waals surface area (Å²) in [5.74, 6) is 0.483. The molecule has 0 spiro atoms. The molecule has 0 unspecified atom stereocenters. The van der Waals surface area contributed by atoms with E-state index in [4.69, 9.17) is 17.3 Å². The first kappa shape index (κ1) is 14.0. The lowest BCUT2D eigenvalue weighted by Gasteiger charge is -2.02. The predicted octanol–water partition coefficient (Wildman–Crippen LogP) is 4.19. The highest BCUT2D eigenvalue weighted by Crippen LogP contribution is 2.26. The third-order valence-corrected chi connectivity index (χ3v) is 5.37. The van der Waals surface area contributed by atoms with Crippen LogP contribution in [0, 0.1) is 3.57 Å². The number of benzene rings is 1. The number of nitrogen functional groups attached to an aromatic ring is 1. The summed E-state index contributed by atoms with van der Waals surface area (Å²) in [5.41, 5.74) is 9.21. The Morgan fingerprint density at radius 3 is 3.00 bits per heavy atom. The number of aromatic nitrogens is 1. The van der Waals surface area contributed by atoms with Gasteiger partial charge in [0.15, 0.2) is 0 Å². The third kappa shape index (κ3) is 3.56. The van der Waals surface area contributed by atoms with Crippen molar-refractivity contribution >= 4 is 78.6 Å². The van der Waals surface area contributed by atoms with Gasteiger partial charge in [0.2, 0.25) is 5.13 Å². The molecule has 1 aromatic heterocycles. The molecule has 1 heterocycles. The number of nitrogens with one attached hydrogen (secondary N) is 1. The van der Waals surface area contributed by atoms with E-state index < -0.39 is 0 Å². The van der Waals surface area contributed by atoms with E-state index in [1.807, 2.05) is 12.1 Å². The molecule has 0 radical (unpaired) electrons. The highest BCUT2D eigenvalue weighted by molar-refractivity contribution is 14.1. The van der Waals surface area contributed by atoms with E-state index in [9.17, 15) is 0 Å². The summed E-state index contributed by atoms with van der Waals surface area (Å²) in [4.78, 5) is 4.03. The Kier molecular flexibility index (Phi) is 4.82. The van der Waals surface area contributed by atoms with Gasteiger partial charge in [0.1, 0.15) is 5.82 Å². The van der Waals surface area contributed by atoms with Crippen molar-refractivity contribution in [2.24, 2.45) is 5.10 Å². The number of rotatable bonds is 3. The molecule has 0 amide bonds. The van der Waals surface area contributed by atoms with Gasteiger partial charge in [-0.05, 0) is 50.7 Å². The molecule has 4 nitrogen and oxygen atoms in total. The van der Waals surface area contributed by atoms with E-state index in [1.54, 1.807) is 11.6 Å². The van der Waals surface area contributed by atoms with Crippen LogP contribution in [-0.4, -0.2) is 11.2 Å². The van der Waals surface area contributed by atoms with E-state index in [-0.39, 0.29) is 0 Å². The maximum Gasteiger partial charge on any atom is 0.205 e. The monoisotopic (exact) mass is 456 g/mol. The van der Waals surface area contributed by atoms with Crippen molar-refractivity contribution in [2.75, 3.05) is 11.2 Å². The van der Waals surface area contributed by atoms with Crippen molar-refractivity contribution in [1.82, 2.24) is 4.98 Å². The van der Waals surface area contributed by atoms with Crippen LogP contribution < -0.4 is 11.2 Å². The average Bonchev–Trinajstić information content (AvgIpc) is 2.71. The number of hydrogen-bond donors (Lipinski definition) is 2. The first-order valence-corrected chi connectivity index (χ1v) is 7.84. The van der Waals surface area contributed by atoms with E-state index in [0.717, 1.165) is 13.6 Å². The summed E-state index contributed by atoms with van der Waals surface area (Å²) in [5, 5.41) is 7.16. The molecular weight excluding hydrogens is 450 g/mol. The molecule has 2 aromatic rings. The molecule has 0 aliphatic rings. The minimum absolute atomic E-state index is 0.483. The minimum atomic E-state index is 0.483. The number of nitrogens with zero attached hydrogens (tertiary/aromatic N) is 2. The predicted molar refractivity (Wildman–Crippen MR) is 89.6 cm³/mol. The van der Waals surface area contributed by atoms with Crippen molar-refractivity contribution in [2.45, 2.75) is 0 Å². The lowest BCUT2D eigenvalue weighted by Crippen LogP contribution is -1.93. The molecule has 18 heavy (non-hydrogen) atoms. The van der Waals surface area contributed by atoms with Gasteiger partial charge >= 0.3 is 0 Å². The van der Waals surface area contributed by atoms with Gasteiger partial charge in [0.05, 0.1) is 6.21 Å². The van der Waals surface area contributed by atoms with Crippen LogP contribution in [0.4, 0.5) is 10.9 Å². The molecule has 0 aliphatic heterocycles. The lowest BCUT2D eigenvalue weighted by atomic mass is 10.2. The van der Waals surface area contributed by atoms with E-state index >= 15 is 0 Å². The third-order valence-electron chi connectivity index (χ3n) is 1.91. The van der Waals surface area contributed by atoms with Crippen LogP contribution in [0.25, 0.3) is 0 Å². The zero-order chi connectivity index (χ0) is 13.1. The summed E-state index contributed by atoms with van der Waals surface area (Å²) in [6, 6.07) is 3.70. The SMILES string of the molecule is Nc1csc(NN=Cc2cc(Cl)cc(I)c2Br)n1. The Balaban J connectivity index is 2.14. The first-order valence-electron chi connectivity index (χ1n) is 4.71. The fraction of sp³-hybridized carbons (Fsp3) is 0. The summed E-state index contributed by atoms with van der Waals surface area (Å²) in [7, 11) is 0. The standard InChI is InChI=1S/C10H7BrClIN4S/c11-9-5(1-6(12)2-7(9)13)3-15-17-10-16-8(14)4-18-10/h1-4H,14H2,(H,16,17). The fourth-order valence-electron chi connectivity index (χ4n) is 1.16. The van der Waals surface area contributed by atoms with Gasteiger partial charge in [-0.25, -0.2) is 4.98 Å². The topological polar surface area (TPSA) is 63.3 Å². The van der Waals surface area contributed by atoms with Crippen molar-refractivity contribution in [3.05, 3.63) is 36.1 Å². The van der Waals surface area contributed by atoms with Crippen LogP contribution in [0.1, 0.15) is 5.56 Å². The van der Waals surface area contributed by atoms with Crippen LogP contribution in [0.5, 0.6) is 0 Å². The van der Waals surface area contributed by atoms with Crippen molar-refractivity contribution in [3.63, 3.8) is 0 Å². The van der Waals surface area contributed by atoms with E-state index in [1.165, 1.54) is 11.3 Å². The van der Waals surface area contributed by atoms with Gasteiger partial charge in [-0.2, -0.15) is 5.10 Å². The second-order valence-corrected chi connectivity index (χ2v) is 6.49. The van der Waals surface area contributed by atoms with Crippen LogP contribution in [0.2, 0.25) is 5.02 Å². The Morgan fingerprint density at radius 1 is 1.56 bits per heavy atom. The van der Waals surface area contributed by atoms with Crippen molar-refractivity contribution in [1.29, 1.82) is 0 Å². The summed E-state index contributed by atoms with van der Waals surface area (Å²) in [6.45, 7) is 0. The van der Waals surface area contributed by atoms with Gasteiger partial charge < -0.3 is 5.73 Å². The molecule has 0 saturated carbocycles. The Labute approximate surface area is 135 Å². The van der Waals surface area contributed by atoms with Gasteiger partial charge in [0, 0.05) is 24.0 Å². The zero-order valence-electron chi connectivity index (χ0n) is 8.82. The average molecular weight is 458 g/mol. The first-order chi connectivity index (χ1) is 8.56. The quantitative estimate of drug-likeness (QED) is 0.314. The van der Waals surface area contributed by atoms with Crippen LogP contribution in [0.3, 0.4) is 0 Å². The maximum absolute atomic E-state index is 5.99. The molecule has 2 rings (SSSR count). The zero-order valence-corrected chi connectivity index (χ0v) is 14.1. The number of hydrazone groups is 1. The molecule has 3 N–H and O–H groups in total. The molecule has 1 aromatic carbocycles. The minimum Gasteiger partial charge on any atom is -0.383 e. The highest BCUT2D eigenvalue weighted by atomic mass is 127. The second kappa shape index (κ2) is 6.18. The largest absolute Gasteiger partial charge is 0.383 e. The molecule has 0 saturated heterocycles. The number of thiazole rings is 1. The number of anilines is 2. The van der Waals surface area contributed by atoms with E-state index in [2.05, 4.69) is 54.0 Å². The lowest BCUT2D eigenvalue weighted by molar-refractivity contribution is 1.29. The van der Waals surface area contributed by atoms with Crippen molar-refractivity contribution in [3.8, 4) is 0 Å². The fourth-order valence-corrected chi connectivity index (χ4v) is 3.10. The molecule has 0 bridgehead atoms. The Hall–Kier alpha value is -0.380. The van der Waals surface area contributed by atoms with Gasteiger partial charge in [-0.3, -0.25) is 5.43 Å². The molecule has 8 heteroatoms. The Bertz CT molecular complexity index is 602. The number of hydrogen-bond acceptors (Lipinski definition) is 5. The van der Waals surface area contributed by atoms with Gasteiger partial charge in [-0.1, -0.05) is 11.6 Å². The van der Waals surface area contributed by atoms with Gasteiger partial charge in [-0.15, -0.1) is 11.3 Å². The summed E-state index contributed by atoms with van der Waals surface area (Å²) >= 11 is 13.1. The maximum atomic E-state index is 5.99. The molecule has 0 aliphatic carbocycles. The van der Waals surface area contributed by atoms with Crippen LogP contribution in [-0.2, 0) is 0 Å².